The zero-order valence-electron chi connectivity index (χ0n) is 23.2. The van der Waals surface area contributed by atoms with Crippen molar-refractivity contribution in [2.75, 3.05) is 4.90 Å². The molecule has 0 spiro atoms. The number of benzene rings is 4. The average molecular weight is 474 g/mol. The summed E-state index contributed by atoms with van der Waals surface area (Å²) in [7, 11) is 0. The minimum Gasteiger partial charge on any atom is -0.310 e. The SMILES string of the molecule is C=C(/C=C\C)c1cc(N(c2ccc(C)c(C)c2)c2ccc(C)c(C)c2)c2cc(C(C)C)ccc2c1C. The first kappa shape index (κ1) is 25.5. The first-order valence-corrected chi connectivity index (χ1v) is 13.0. The van der Waals surface area contributed by atoms with Gasteiger partial charge >= 0.3 is 0 Å². The predicted molar refractivity (Wildman–Crippen MR) is 160 cm³/mol. The van der Waals surface area contributed by atoms with Crippen molar-refractivity contribution in [3.05, 3.63) is 118 Å². The van der Waals surface area contributed by atoms with Crippen LogP contribution in [-0.2, 0) is 0 Å². The van der Waals surface area contributed by atoms with Gasteiger partial charge in [0.15, 0.2) is 0 Å². The van der Waals surface area contributed by atoms with Crippen LogP contribution in [0.15, 0.2) is 79.4 Å². The van der Waals surface area contributed by atoms with Gasteiger partial charge in [0.05, 0.1) is 5.69 Å². The highest BCUT2D eigenvalue weighted by Gasteiger charge is 2.20. The maximum absolute atomic E-state index is 4.42. The Hall–Kier alpha value is -3.58. The van der Waals surface area contributed by atoms with Gasteiger partial charge in [0.2, 0.25) is 0 Å². The molecular weight excluding hydrogens is 434 g/mol. The normalized spacial score (nSPS) is 11.6. The molecule has 0 aromatic heterocycles. The molecule has 0 saturated carbocycles. The third-order valence-corrected chi connectivity index (χ3v) is 7.53. The Balaban J connectivity index is 2.14. The Labute approximate surface area is 217 Å². The summed E-state index contributed by atoms with van der Waals surface area (Å²) in [4.78, 5) is 2.43. The lowest BCUT2D eigenvalue weighted by molar-refractivity contribution is 0.869. The van der Waals surface area contributed by atoms with Crippen molar-refractivity contribution >= 4 is 33.4 Å². The van der Waals surface area contributed by atoms with Crippen LogP contribution in [0.4, 0.5) is 17.1 Å². The Morgan fingerprint density at radius 1 is 0.722 bits per heavy atom. The fraction of sp³-hybridized carbons (Fsp3) is 0.257. The van der Waals surface area contributed by atoms with Crippen LogP contribution in [0.25, 0.3) is 16.3 Å². The van der Waals surface area contributed by atoms with E-state index in [1.807, 2.05) is 6.92 Å². The van der Waals surface area contributed by atoms with Crippen LogP contribution in [0, 0.1) is 34.6 Å². The summed E-state index contributed by atoms with van der Waals surface area (Å²) in [5, 5.41) is 2.54. The lowest BCUT2D eigenvalue weighted by Crippen LogP contribution is -2.12. The molecule has 0 atom stereocenters. The predicted octanol–water partition coefficient (Wildman–Crippen LogP) is 10.6. The van der Waals surface area contributed by atoms with E-state index in [-0.39, 0.29) is 0 Å². The lowest BCUT2D eigenvalue weighted by atomic mass is 9.90. The largest absolute Gasteiger partial charge is 0.310 e. The molecule has 4 rings (SSSR count). The van der Waals surface area contributed by atoms with Crippen molar-refractivity contribution in [2.24, 2.45) is 0 Å². The van der Waals surface area contributed by atoms with E-state index in [9.17, 15) is 0 Å². The summed E-state index contributed by atoms with van der Waals surface area (Å²) >= 11 is 0. The van der Waals surface area contributed by atoms with E-state index in [2.05, 4.69) is 133 Å². The molecular formula is C35H39N. The van der Waals surface area contributed by atoms with Crippen molar-refractivity contribution in [2.45, 2.75) is 61.3 Å². The van der Waals surface area contributed by atoms with Gasteiger partial charge in [0.25, 0.3) is 0 Å². The Kier molecular flexibility index (Phi) is 7.22. The number of rotatable bonds is 6. The molecule has 36 heavy (non-hydrogen) atoms. The number of fused-ring (bicyclic) bond motifs is 1. The van der Waals surface area contributed by atoms with Crippen LogP contribution in [0.2, 0.25) is 0 Å². The van der Waals surface area contributed by atoms with E-state index < -0.39 is 0 Å². The van der Waals surface area contributed by atoms with E-state index in [1.54, 1.807) is 0 Å². The highest BCUT2D eigenvalue weighted by Crippen LogP contribution is 2.43. The Morgan fingerprint density at radius 2 is 1.31 bits per heavy atom. The van der Waals surface area contributed by atoms with Gasteiger partial charge in [-0.3, -0.25) is 0 Å². The van der Waals surface area contributed by atoms with Crippen LogP contribution in [-0.4, -0.2) is 0 Å². The number of hydrogen-bond donors (Lipinski definition) is 0. The summed E-state index contributed by atoms with van der Waals surface area (Å²) in [6.45, 7) is 22.0. The molecule has 184 valence electrons. The first-order valence-electron chi connectivity index (χ1n) is 13.0. The third-order valence-electron chi connectivity index (χ3n) is 7.53. The molecule has 0 fully saturated rings. The van der Waals surface area contributed by atoms with Crippen molar-refractivity contribution in [3.63, 3.8) is 0 Å². The molecule has 0 amide bonds. The number of nitrogens with zero attached hydrogens (tertiary/aromatic N) is 1. The van der Waals surface area contributed by atoms with Crippen LogP contribution < -0.4 is 4.90 Å². The first-order chi connectivity index (χ1) is 17.1. The van der Waals surface area contributed by atoms with E-state index in [0.29, 0.717) is 5.92 Å². The van der Waals surface area contributed by atoms with Gasteiger partial charge in [0.1, 0.15) is 0 Å². The second-order valence-electron chi connectivity index (χ2n) is 10.4. The maximum atomic E-state index is 4.42. The summed E-state index contributed by atoms with van der Waals surface area (Å²) in [5.41, 5.74) is 13.6. The number of anilines is 3. The van der Waals surface area contributed by atoms with Crippen LogP contribution in [0.3, 0.4) is 0 Å². The zero-order valence-corrected chi connectivity index (χ0v) is 23.2. The molecule has 1 nitrogen and oxygen atoms in total. The van der Waals surface area contributed by atoms with Crippen LogP contribution in [0.1, 0.15) is 65.6 Å². The van der Waals surface area contributed by atoms with Crippen molar-refractivity contribution in [1.82, 2.24) is 0 Å². The summed E-state index contributed by atoms with van der Waals surface area (Å²) in [6, 6.07) is 22.9. The minimum absolute atomic E-state index is 0.455. The second-order valence-corrected chi connectivity index (χ2v) is 10.4. The van der Waals surface area contributed by atoms with Crippen LogP contribution >= 0.6 is 0 Å². The molecule has 0 heterocycles. The standard InChI is InChI=1S/C35H39N/c1-10-11-25(6)33-21-35(34-20-29(22(2)3)14-17-32(34)28(33)9)36(30-15-12-23(4)26(7)18-30)31-16-13-24(5)27(8)19-31/h10-22H,6H2,1-5,7-9H3/b11-10-. The number of aryl methyl sites for hydroxylation is 5. The second kappa shape index (κ2) is 10.2. The number of allylic oxidation sites excluding steroid dienone is 3. The molecule has 0 bridgehead atoms. The zero-order chi connectivity index (χ0) is 26.1. The van der Waals surface area contributed by atoms with E-state index in [1.165, 1.54) is 66.8 Å². The van der Waals surface area contributed by atoms with E-state index in [4.69, 9.17) is 0 Å². The van der Waals surface area contributed by atoms with Crippen molar-refractivity contribution in [3.8, 4) is 0 Å². The molecule has 0 unspecified atom stereocenters. The summed E-state index contributed by atoms with van der Waals surface area (Å²) < 4.78 is 0. The van der Waals surface area contributed by atoms with Crippen molar-refractivity contribution < 1.29 is 0 Å². The Morgan fingerprint density at radius 3 is 1.81 bits per heavy atom. The molecule has 0 aliphatic heterocycles. The molecule has 0 aliphatic carbocycles. The van der Waals surface area contributed by atoms with E-state index >= 15 is 0 Å². The lowest BCUT2D eigenvalue weighted by Gasteiger charge is -2.30. The monoisotopic (exact) mass is 473 g/mol. The van der Waals surface area contributed by atoms with Crippen molar-refractivity contribution in [1.29, 1.82) is 0 Å². The summed E-state index contributed by atoms with van der Waals surface area (Å²) in [6.07, 6.45) is 4.18. The molecule has 4 aromatic rings. The molecule has 0 aliphatic rings. The smallest absolute Gasteiger partial charge is 0.0546 e. The van der Waals surface area contributed by atoms with Crippen LogP contribution in [0.5, 0.6) is 0 Å². The van der Waals surface area contributed by atoms with Gasteiger partial charge in [-0.05, 0) is 134 Å². The summed E-state index contributed by atoms with van der Waals surface area (Å²) in [5.74, 6) is 0.455. The quantitative estimate of drug-likeness (QED) is 0.252. The topological polar surface area (TPSA) is 3.24 Å². The van der Waals surface area contributed by atoms with Gasteiger partial charge in [0, 0.05) is 16.8 Å². The van der Waals surface area contributed by atoms with Gasteiger partial charge in [-0.15, -0.1) is 0 Å². The molecule has 4 aromatic carbocycles. The fourth-order valence-electron chi connectivity index (χ4n) is 4.89. The minimum atomic E-state index is 0.455. The van der Waals surface area contributed by atoms with Gasteiger partial charge < -0.3 is 4.90 Å². The maximum Gasteiger partial charge on any atom is 0.0546 e. The number of hydrogen-bond acceptors (Lipinski definition) is 1. The highest BCUT2D eigenvalue weighted by molar-refractivity contribution is 6.04. The molecule has 0 radical (unpaired) electrons. The Bertz CT molecular complexity index is 1430. The van der Waals surface area contributed by atoms with Gasteiger partial charge in [-0.25, -0.2) is 0 Å². The third kappa shape index (κ3) is 4.75. The molecule has 1 heteroatoms. The highest BCUT2D eigenvalue weighted by atomic mass is 15.1. The van der Waals surface area contributed by atoms with Gasteiger partial charge in [-0.2, -0.15) is 0 Å². The molecule has 0 saturated heterocycles. The van der Waals surface area contributed by atoms with Gasteiger partial charge in [-0.1, -0.05) is 56.8 Å². The van der Waals surface area contributed by atoms with E-state index in [0.717, 1.165) is 5.57 Å². The fourth-order valence-corrected chi connectivity index (χ4v) is 4.89. The molecule has 0 N–H and O–H groups in total. The average Bonchev–Trinajstić information content (AvgIpc) is 2.84.